The Bertz CT molecular complexity index is 410. The van der Waals surface area contributed by atoms with Gasteiger partial charge in [0.25, 0.3) is 0 Å². The molecule has 78 valence electrons. The molecule has 0 aliphatic carbocycles. The maximum absolute atomic E-state index is 12.7. The second-order valence-electron chi connectivity index (χ2n) is 3.49. The fourth-order valence-corrected chi connectivity index (χ4v) is 2.00. The quantitative estimate of drug-likeness (QED) is 0.775. The predicted octanol–water partition coefficient (Wildman–Crippen LogP) is 2.15. The average molecular weight is 216 g/mol. The van der Waals surface area contributed by atoms with E-state index >= 15 is 0 Å². The third-order valence-corrected chi connectivity index (χ3v) is 4.15. The lowest BCUT2D eigenvalue weighted by atomic mass is 10.2. The fraction of sp³-hybridized carbons (Fsp3) is 0.400. The molecule has 0 saturated heterocycles. The Hall–Kier alpha value is -0.900. The van der Waals surface area contributed by atoms with Crippen molar-refractivity contribution in [3.05, 3.63) is 35.6 Å². The summed E-state index contributed by atoms with van der Waals surface area (Å²) in [6.45, 7) is 3.24. The van der Waals surface area contributed by atoms with Crippen LogP contribution in [0.4, 0.5) is 4.39 Å². The van der Waals surface area contributed by atoms with E-state index in [1.54, 1.807) is 19.9 Å². The molecule has 1 aromatic rings. The van der Waals surface area contributed by atoms with Gasteiger partial charge in [-0.2, -0.15) is 0 Å². The van der Waals surface area contributed by atoms with Crippen LogP contribution >= 0.6 is 0 Å². The minimum atomic E-state index is -3.13. The van der Waals surface area contributed by atoms with Gasteiger partial charge in [0, 0.05) is 0 Å². The zero-order valence-electron chi connectivity index (χ0n) is 8.20. The Morgan fingerprint density at radius 1 is 1.36 bits per heavy atom. The molecule has 0 aliphatic heterocycles. The van der Waals surface area contributed by atoms with Crippen LogP contribution in [0.5, 0.6) is 0 Å². The van der Waals surface area contributed by atoms with Crippen molar-refractivity contribution in [2.75, 3.05) is 0 Å². The standard InChI is InChI=1S/C10H13FO2S/c1-8(2)14(12,13)7-9-4-3-5-10(11)6-9/h3-6,8H,7H2,1-2H3. The Balaban J connectivity index is 2.90. The van der Waals surface area contributed by atoms with Crippen LogP contribution in [-0.2, 0) is 15.6 Å². The number of sulfone groups is 1. The molecule has 0 aromatic heterocycles. The van der Waals surface area contributed by atoms with Crippen LogP contribution in [0.15, 0.2) is 24.3 Å². The number of hydrogen-bond acceptors (Lipinski definition) is 2. The van der Waals surface area contributed by atoms with Crippen LogP contribution in [0.25, 0.3) is 0 Å². The second-order valence-corrected chi connectivity index (χ2v) is 6.04. The lowest BCUT2D eigenvalue weighted by Crippen LogP contribution is -2.16. The molecule has 2 nitrogen and oxygen atoms in total. The smallest absolute Gasteiger partial charge is 0.156 e. The normalized spacial score (nSPS) is 12.0. The summed E-state index contributed by atoms with van der Waals surface area (Å²) in [5, 5.41) is -0.425. The average Bonchev–Trinajstić information content (AvgIpc) is 2.02. The number of benzene rings is 1. The van der Waals surface area contributed by atoms with E-state index in [0.29, 0.717) is 5.56 Å². The van der Waals surface area contributed by atoms with Crippen LogP contribution in [0.2, 0.25) is 0 Å². The number of halogens is 1. The molecule has 1 aromatic carbocycles. The van der Waals surface area contributed by atoms with E-state index in [9.17, 15) is 12.8 Å². The summed E-state index contributed by atoms with van der Waals surface area (Å²) in [6, 6.07) is 5.68. The van der Waals surface area contributed by atoms with E-state index in [1.807, 2.05) is 0 Å². The lowest BCUT2D eigenvalue weighted by molar-refractivity contribution is 0.586. The maximum atomic E-state index is 12.7. The van der Waals surface area contributed by atoms with Gasteiger partial charge in [0.05, 0.1) is 11.0 Å². The minimum absolute atomic E-state index is 0.0948. The van der Waals surface area contributed by atoms with Crippen molar-refractivity contribution >= 4 is 9.84 Å². The van der Waals surface area contributed by atoms with Gasteiger partial charge in [-0.3, -0.25) is 0 Å². The number of rotatable bonds is 3. The van der Waals surface area contributed by atoms with Gasteiger partial charge >= 0.3 is 0 Å². The first-order valence-electron chi connectivity index (χ1n) is 4.38. The molecule has 0 bridgehead atoms. The SMILES string of the molecule is CC(C)S(=O)(=O)Cc1cccc(F)c1. The van der Waals surface area contributed by atoms with Crippen molar-refractivity contribution < 1.29 is 12.8 Å². The van der Waals surface area contributed by atoms with Gasteiger partial charge in [-0.25, -0.2) is 12.8 Å². The highest BCUT2D eigenvalue weighted by Crippen LogP contribution is 2.11. The summed E-state index contributed by atoms with van der Waals surface area (Å²) in [7, 11) is -3.13. The van der Waals surface area contributed by atoms with Crippen molar-refractivity contribution in [1.82, 2.24) is 0 Å². The molecule has 0 unspecified atom stereocenters. The third-order valence-electron chi connectivity index (χ3n) is 1.98. The van der Waals surface area contributed by atoms with Crippen LogP contribution < -0.4 is 0 Å². The molecule has 0 aliphatic rings. The van der Waals surface area contributed by atoms with E-state index in [1.165, 1.54) is 18.2 Å². The maximum Gasteiger partial charge on any atom is 0.156 e. The minimum Gasteiger partial charge on any atom is -0.228 e. The highest BCUT2D eigenvalue weighted by Gasteiger charge is 2.16. The van der Waals surface area contributed by atoms with Gasteiger partial charge in [0.1, 0.15) is 5.82 Å². The van der Waals surface area contributed by atoms with Crippen molar-refractivity contribution in [2.45, 2.75) is 24.9 Å². The zero-order valence-corrected chi connectivity index (χ0v) is 9.01. The summed E-state index contributed by atoms with van der Waals surface area (Å²) in [5.74, 6) is -0.496. The van der Waals surface area contributed by atoms with Gasteiger partial charge in [0.2, 0.25) is 0 Å². The predicted molar refractivity (Wildman–Crippen MR) is 54.2 cm³/mol. The third kappa shape index (κ3) is 2.80. The first kappa shape index (κ1) is 11.2. The van der Waals surface area contributed by atoms with Crippen LogP contribution in [0, 0.1) is 5.82 Å². The molecule has 0 spiro atoms. The summed E-state index contributed by atoms with van der Waals surface area (Å²) in [4.78, 5) is 0. The van der Waals surface area contributed by atoms with E-state index in [0.717, 1.165) is 0 Å². The van der Waals surface area contributed by atoms with Crippen LogP contribution in [0.3, 0.4) is 0 Å². The number of hydrogen-bond donors (Lipinski definition) is 0. The molecule has 0 radical (unpaired) electrons. The first-order valence-corrected chi connectivity index (χ1v) is 6.09. The van der Waals surface area contributed by atoms with Gasteiger partial charge in [0.15, 0.2) is 9.84 Å². The van der Waals surface area contributed by atoms with E-state index < -0.39 is 20.9 Å². The van der Waals surface area contributed by atoms with Crippen LogP contribution in [0.1, 0.15) is 19.4 Å². The lowest BCUT2D eigenvalue weighted by Gasteiger charge is -2.07. The monoisotopic (exact) mass is 216 g/mol. The van der Waals surface area contributed by atoms with Gasteiger partial charge < -0.3 is 0 Å². The Kier molecular flexibility index (Phi) is 3.26. The van der Waals surface area contributed by atoms with Gasteiger partial charge in [-0.05, 0) is 31.5 Å². The van der Waals surface area contributed by atoms with Crippen molar-refractivity contribution in [3.8, 4) is 0 Å². The molecule has 14 heavy (non-hydrogen) atoms. The highest BCUT2D eigenvalue weighted by molar-refractivity contribution is 7.91. The molecule has 0 heterocycles. The van der Waals surface area contributed by atoms with E-state index in [4.69, 9.17) is 0 Å². The molecule has 4 heteroatoms. The van der Waals surface area contributed by atoms with Crippen molar-refractivity contribution in [3.63, 3.8) is 0 Å². The fourth-order valence-electron chi connectivity index (χ4n) is 1.03. The topological polar surface area (TPSA) is 34.1 Å². The highest BCUT2D eigenvalue weighted by atomic mass is 32.2. The summed E-state index contributed by atoms with van der Waals surface area (Å²) >= 11 is 0. The largest absolute Gasteiger partial charge is 0.228 e. The molecule has 0 amide bonds. The van der Waals surface area contributed by atoms with Gasteiger partial charge in [-0.1, -0.05) is 12.1 Å². The Morgan fingerprint density at radius 3 is 2.50 bits per heavy atom. The Morgan fingerprint density at radius 2 is 2.00 bits per heavy atom. The molecule has 1 rings (SSSR count). The molecule has 0 atom stereocenters. The molecular weight excluding hydrogens is 203 g/mol. The molecule has 0 fully saturated rings. The second kappa shape index (κ2) is 4.09. The summed E-state index contributed by atoms with van der Waals surface area (Å²) < 4.78 is 35.7. The van der Waals surface area contributed by atoms with Crippen LogP contribution in [-0.4, -0.2) is 13.7 Å². The zero-order chi connectivity index (χ0) is 10.8. The van der Waals surface area contributed by atoms with Gasteiger partial charge in [-0.15, -0.1) is 0 Å². The molecule has 0 N–H and O–H groups in total. The van der Waals surface area contributed by atoms with E-state index in [2.05, 4.69) is 0 Å². The summed E-state index contributed by atoms with van der Waals surface area (Å²) in [6.07, 6.45) is 0. The summed E-state index contributed by atoms with van der Waals surface area (Å²) in [5.41, 5.74) is 0.499. The first-order chi connectivity index (χ1) is 6.42. The molecular formula is C10H13FO2S. The van der Waals surface area contributed by atoms with Crippen molar-refractivity contribution in [1.29, 1.82) is 0 Å². The van der Waals surface area contributed by atoms with E-state index in [-0.39, 0.29) is 5.75 Å². The molecule has 0 saturated carbocycles. The van der Waals surface area contributed by atoms with Crippen molar-refractivity contribution in [2.24, 2.45) is 0 Å². The Labute approximate surface area is 83.7 Å².